The molecule has 0 radical (unpaired) electrons. The molecule has 0 heterocycles. The summed E-state index contributed by atoms with van der Waals surface area (Å²) in [5, 5.41) is 20.9. The largest absolute Gasteiger partial charge is 0.489 e. The summed E-state index contributed by atoms with van der Waals surface area (Å²) in [6.45, 7) is -0.0500. The number of carbonyl (C=O) groups is 1. The topological polar surface area (TPSA) is 82.4 Å². The van der Waals surface area contributed by atoms with Crippen molar-refractivity contribution in [1.29, 1.82) is 5.26 Å². The molecular weight excluding hydrogens is 291 g/mol. The molecule has 102 valence electrons. The van der Waals surface area contributed by atoms with Gasteiger partial charge in [-0.05, 0) is 12.1 Å². The zero-order chi connectivity index (χ0) is 14.3. The van der Waals surface area contributed by atoms with Crippen molar-refractivity contribution in [2.75, 3.05) is 13.2 Å². The van der Waals surface area contributed by atoms with E-state index in [-0.39, 0.29) is 24.6 Å². The minimum Gasteiger partial charge on any atom is -0.489 e. The zero-order valence-corrected chi connectivity index (χ0v) is 11.4. The second-order valence-electron chi connectivity index (χ2n) is 3.66. The molecule has 1 aromatic rings. The molecule has 0 saturated carbocycles. The molecule has 2 N–H and O–H groups in total. The molecule has 0 saturated heterocycles. The number of ether oxygens (including phenoxy) is 1. The van der Waals surface area contributed by atoms with Crippen LogP contribution >= 0.6 is 23.2 Å². The van der Waals surface area contributed by atoms with E-state index in [1.165, 1.54) is 0 Å². The summed E-state index contributed by atoms with van der Waals surface area (Å²) in [6.07, 6.45) is -1.15. The van der Waals surface area contributed by atoms with Crippen molar-refractivity contribution in [3.63, 3.8) is 0 Å². The van der Waals surface area contributed by atoms with Crippen molar-refractivity contribution in [3.8, 4) is 11.8 Å². The first kappa shape index (κ1) is 15.6. The van der Waals surface area contributed by atoms with E-state index in [1.807, 2.05) is 0 Å². The lowest BCUT2D eigenvalue weighted by molar-refractivity contribution is -0.120. The van der Waals surface area contributed by atoms with Crippen LogP contribution < -0.4 is 10.1 Å². The summed E-state index contributed by atoms with van der Waals surface area (Å²) < 4.78 is 5.29. The Morgan fingerprint density at radius 3 is 2.95 bits per heavy atom. The first-order valence-corrected chi connectivity index (χ1v) is 6.18. The number of nitrogens with one attached hydrogen (secondary N) is 1. The molecule has 0 unspecified atom stereocenters. The highest BCUT2D eigenvalue weighted by Crippen LogP contribution is 2.31. The average Bonchev–Trinajstić information content (AvgIpc) is 2.38. The number of carbonyl (C=O) groups excluding carboxylic acids is 1. The van der Waals surface area contributed by atoms with Crippen LogP contribution in [0.5, 0.6) is 5.75 Å². The Bertz CT molecular complexity index is 488. The number of aliphatic hydroxyl groups excluding tert-OH is 1. The molecule has 1 rings (SSSR count). The van der Waals surface area contributed by atoms with Crippen LogP contribution in [-0.2, 0) is 4.79 Å². The average molecular weight is 303 g/mol. The van der Waals surface area contributed by atoms with Crippen LogP contribution in [0.25, 0.3) is 0 Å². The second kappa shape index (κ2) is 7.85. The van der Waals surface area contributed by atoms with E-state index >= 15 is 0 Å². The number of rotatable bonds is 6. The summed E-state index contributed by atoms with van der Waals surface area (Å²) in [7, 11) is 0. The van der Waals surface area contributed by atoms with Gasteiger partial charge in [0.1, 0.15) is 29.9 Å². The van der Waals surface area contributed by atoms with Crippen molar-refractivity contribution in [2.45, 2.75) is 12.5 Å². The number of hydrogen-bond donors (Lipinski definition) is 2. The molecule has 1 aromatic carbocycles. The van der Waals surface area contributed by atoms with Crippen molar-refractivity contribution < 1.29 is 14.6 Å². The van der Waals surface area contributed by atoms with Gasteiger partial charge in [0.2, 0.25) is 5.91 Å². The maximum Gasteiger partial charge on any atom is 0.234 e. The summed E-state index contributed by atoms with van der Waals surface area (Å²) in [6, 6.07) is 6.62. The number of amides is 1. The predicted molar refractivity (Wildman–Crippen MR) is 71.2 cm³/mol. The van der Waals surface area contributed by atoms with E-state index in [1.54, 1.807) is 24.3 Å². The minimum atomic E-state index is -0.905. The van der Waals surface area contributed by atoms with Gasteiger partial charge in [-0.1, -0.05) is 29.3 Å². The van der Waals surface area contributed by atoms with Gasteiger partial charge in [-0.25, -0.2) is 0 Å². The molecule has 5 nitrogen and oxygen atoms in total. The quantitative estimate of drug-likeness (QED) is 0.839. The molecule has 0 fully saturated rings. The van der Waals surface area contributed by atoms with Crippen LogP contribution in [0.4, 0.5) is 0 Å². The van der Waals surface area contributed by atoms with Gasteiger partial charge in [-0.3, -0.25) is 4.79 Å². The smallest absolute Gasteiger partial charge is 0.234 e. The van der Waals surface area contributed by atoms with Crippen LogP contribution in [0.2, 0.25) is 10.0 Å². The van der Waals surface area contributed by atoms with Gasteiger partial charge in [-0.15, -0.1) is 0 Å². The van der Waals surface area contributed by atoms with E-state index in [2.05, 4.69) is 5.32 Å². The highest BCUT2D eigenvalue weighted by Gasteiger charge is 2.10. The van der Waals surface area contributed by atoms with Gasteiger partial charge in [-0.2, -0.15) is 5.26 Å². The molecule has 1 atom stereocenters. The standard InChI is InChI=1S/C12H12Cl2N2O3/c13-9-2-1-3-10(12(9)14)19-7-8(17)6-16-11(18)4-5-15/h1-3,8,17H,4,6-7H2,(H,16,18)/t8-/m0/s1. The van der Waals surface area contributed by atoms with Crippen LogP contribution in [0.3, 0.4) is 0 Å². The Morgan fingerprint density at radius 2 is 2.26 bits per heavy atom. The van der Waals surface area contributed by atoms with Crippen LogP contribution in [0, 0.1) is 11.3 Å². The van der Waals surface area contributed by atoms with Crippen LogP contribution in [0.15, 0.2) is 18.2 Å². The summed E-state index contributed by atoms with van der Waals surface area (Å²) in [5.74, 6) is -0.0843. The van der Waals surface area contributed by atoms with E-state index in [0.717, 1.165) is 0 Å². The fourth-order valence-electron chi connectivity index (χ4n) is 1.21. The summed E-state index contributed by atoms with van der Waals surface area (Å²) in [5.41, 5.74) is 0. The molecule has 0 aliphatic rings. The lowest BCUT2D eigenvalue weighted by atomic mass is 10.3. The molecule has 0 aliphatic heterocycles. The third-order valence-electron chi connectivity index (χ3n) is 2.12. The molecule has 0 aliphatic carbocycles. The first-order chi connectivity index (χ1) is 9.04. The molecule has 0 spiro atoms. The predicted octanol–water partition coefficient (Wildman–Crippen LogP) is 1.76. The zero-order valence-electron chi connectivity index (χ0n) is 9.90. The number of halogens is 2. The minimum absolute atomic E-state index is 0.00129. The van der Waals surface area contributed by atoms with Gasteiger partial charge in [0.15, 0.2) is 0 Å². The molecule has 19 heavy (non-hydrogen) atoms. The molecule has 0 bridgehead atoms. The normalized spacial score (nSPS) is 11.5. The monoisotopic (exact) mass is 302 g/mol. The summed E-state index contributed by atoms with van der Waals surface area (Å²) >= 11 is 11.7. The molecular formula is C12H12Cl2N2O3. The van der Waals surface area contributed by atoms with Crippen molar-refractivity contribution in [3.05, 3.63) is 28.2 Å². The van der Waals surface area contributed by atoms with Crippen LogP contribution in [0.1, 0.15) is 6.42 Å². The maximum atomic E-state index is 11.0. The SMILES string of the molecule is N#CCC(=O)NC[C@H](O)COc1cccc(Cl)c1Cl. The fraction of sp³-hybridized carbons (Fsp3) is 0.333. The number of aliphatic hydroxyl groups is 1. The highest BCUT2D eigenvalue weighted by molar-refractivity contribution is 6.42. The second-order valence-corrected chi connectivity index (χ2v) is 4.44. The Hall–Kier alpha value is -1.48. The number of nitrogens with zero attached hydrogens (tertiary/aromatic N) is 1. The number of hydrogen-bond acceptors (Lipinski definition) is 4. The van der Waals surface area contributed by atoms with Crippen molar-refractivity contribution in [1.82, 2.24) is 5.32 Å². The molecule has 1 amide bonds. The highest BCUT2D eigenvalue weighted by atomic mass is 35.5. The van der Waals surface area contributed by atoms with E-state index in [9.17, 15) is 9.90 Å². The Balaban J connectivity index is 2.38. The van der Waals surface area contributed by atoms with E-state index in [4.69, 9.17) is 33.2 Å². The van der Waals surface area contributed by atoms with Gasteiger partial charge >= 0.3 is 0 Å². The molecule has 0 aromatic heterocycles. The lowest BCUT2D eigenvalue weighted by Gasteiger charge is -2.14. The first-order valence-electron chi connectivity index (χ1n) is 5.43. The van der Waals surface area contributed by atoms with Gasteiger partial charge in [0.05, 0.1) is 11.1 Å². The Labute approximate surface area is 120 Å². The number of benzene rings is 1. The van der Waals surface area contributed by atoms with E-state index < -0.39 is 12.0 Å². The van der Waals surface area contributed by atoms with Crippen molar-refractivity contribution in [2.24, 2.45) is 0 Å². The third kappa shape index (κ3) is 5.35. The Kier molecular flexibility index (Phi) is 6.43. The van der Waals surface area contributed by atoms with Crippen LogP contribution in [-0.4, -0.2) is 30.3 Å². The number of nitriles is 1. The third-order valence-corrected chi connectivity index (χ3v) is 2.92. The van der Waals surface area contributed by atoms with E-state index in [0.29, 0.717) is 10.8 Å². The van der Waals surface area contributed by atoms with Crippen molar-refractivity contribution >= 4 is 29.1 Å². The lowest BCUT2D eigenvalue weighted by Crippen LogP contribution is -2.35. The van der Waals surface area contributed by atoms with Gasteiger partial charge < -0.3 is 15.2 Å². The van der Waals surface area contributed by atoms with Gasteiger partial charge in [0, 0.05) is 6.54 Å². The van der Waals surface area contributed by atoms with Gasteiger partial charge in [0.25, 0.3) is 0 Å². The fourth-order valence-corrected chi connectivity index (χ4v) is 1.55. The molecule has 7 heteroatoms. The Morgan fingerprint density at radius 1 is 1.53 bits per heavy atom. The maximum absolute atomic E-state index is 11.0. The summed E-state index contributed by atoms with van der Waals surface area (Å²) in [4.78, 5) is 11.0.